The minimum atomic E-state index is -3.42. The Balaban J connectivity index is 1.34. The SMILES string of the molecule is CS(=O)(=O)Nc1ccn(C(=O)N2CCN(Cc3nc4ccccc4s3)CC2)n1. The van der Waals surface area contributed by atoms with E-state index in [0.29, 0.717) is 13.1 Å². The Morgan fingerprint density at radius 1 is 1.18 bits per heavy atom. The van der Waals surface area contributed by atoms with Crippen molar-refractivity contribution in [2.24, 2.45) is 0 Å². The number of sulfonamides is 1. The lowest BCUT2D eigenvalue weighted by molar-refractivity contribution is 0.134. The van der Waals surface area contributed by atoms with Gasteiger partial charge in [0, 0.05) is 38.4 Å². The highest BCUT2D eigenvalue weighted by molar-refractivity contribution is 7.92. The summed E-state index contributed by atoms with van der Waals surface area (Å²) in [4.78, 5) is 21.2. The van der Waals surface area contributed by atoms with Gasteiger partial charge in [0.15, 0.2) is 5.82 Å². The van der Waals surface area contributed by atoms with Crippen molar-refractivity contribution in [1.29, 1.82) is 0 Å². The van der Waals surface area contributed by atoms with E-state index in [-0.39, 0.29) is 11.8 Å². The Morgan fingerprint density at radius 2 is 1.93 bits per heavy atom. The molecule has 0 spiro atoms. The number of anilines is 1. The summed E-state index contributed by atoms with van der Waals surface area (Å²) < 4.78 is 27.1. The molecular weight excluding hydrogens is 400 g/mol. The number of benzene rings is 1. The predicted molar refractivity (Wildman–Crippen MR) is 108 cm³/mol. The zero-order valence-electron chi connectivity index (χ0n) is 15.3. The van der Waals surface area contributed by atoms with Crippen LogP contribution in [-0.2, 0) is 16.6 Å². The molecule has 4 rings (SSSR count). The molecule has 28 heavy (non-hydrogen) atoms. The van der Waals surface area contributed by atoms with Gasteiger partial charge in [-0.1, -0.05) is 12.1 Å². The van der Waals surface area contributed by atoms with Crippen molar-refractivity contribution < 1.29 is 13.2 Å². The first-order chi connectivity index (χ1) is 13.4. The summed E-state index contributed by atoms with van der Waals surface area (Å²) in [6.45, 7) is 3.43. The molecule has 11 heteroatoms. The normalized spacial score (nSPS) is 15.8. The van der Waals surface area contributed by atoms with Crippen LogP contribution in [0.1, 0.15) is 5.01 Å². The van der Waals surface area contributed by atoms with Gasteiger partial charge in [0.2, 0.25) is 10.0 Å². The lowest BCUT2D eigenvalue weighted by Gasteiger charge is -2.33. The standard InChI is InChI=1S/C17H20N6O3S2/c1-28(25,26)20-15-6-7-23(19-15)17(24)22-10-8-21(9-11-22)12-16-18-13-4-2-3-5-14(13)27-16/h2-7H,8-12H2,1H3,(H,19,20). The van der Waals surface area contributed by atoms with Crippen LogP contribution in [0.4, 0.5) is 10.6 Å². The van der Waals surface area contributed by atoms with E-state index >= 15 is 0 Å². The number of rotatable bonds is 4. The van der Waals surface area contributed by atoms with Crippen molar-refractivity contribution in [1.82, 2.24) is 24.6 Å². The Bertz CT molecular complexity index is 1070. The third-order valence-electron chi connectivity index (χ3n) is 4.41. The number of hydrogen-bond acceptors (Lipinski definition) is 7. The second-order valence-electron chi connectivity index (χ2n) is 6.64. The van der Waals surface area contributed by atoms with Crippen molar-refractivity contribution in [2.45, 2.75) is 6.54 Å². The van der Waals surface area contributed by atoms with Gasteiger partial charge < -0.3 is 4.90 Å². The summed E-state index contributed by atoms with van der Waals surface area (Å²) in [6, 6.07) is 9.29. The molecular formula is C17H20N6O3S2. The number of para-hydroxylation sites is 1. The second kappa shape index (κ2) is 7.49. The van der Waals surface area contributed by atoms with Crippen LogP contribution < -0.4 is 4.72 Å². The zero-order chi connectivity index (χ0) is 19.7. The number of piperazine rings is 1. The van der Waals surface area contributed by atoms with E-state index in [9.17, 15) is 13.2 Å². The quantitative estimate of drug-likeness (QED) is 0.689. The molecule has 148 valence electrons. The topological polar surface area (TPSA) is 100 Å². The van der Waals surface area contributed by atoms with E-state index in [0.717, 1.165) is 41.1 Å². The number of nitrogens with one attached hydrogen (secondary N) is 1. The zero-order valence-corrected chi connectivity index (χ0v) is 16.9. The minimum absolute atomic E-state index is 0.130. The summed E-state index contributed by atoms with van der Waals surface area (Å²) in [5.74, 6) is 0.130. The lowest BCUT2D eigenvalue weighted by atomic mass is 10.3. The molecule has 0 radical (unpaired) electrons. The molecule has 1 saturated heterocycles. The summed E-state index contributed by atoms with van der Waals surface area (Å²) in [5.41, 5.74) is 1.02. The average Bonchev–Trinajstić information content (AvgIpc) is 3.26. The molecule has 3 aromatic rings. The second-order valence-corrected chi connectivity index (χ2v) is 9.50. The summed E-state index contributed by atoms with van der Waals surface area (Å²) in [5, 5.41) is 5.07. The minimum Gasteiger partial charge on any atom is -0.320 e. The maximum absolute atomic E-state index is 12.6. The number of nitrogens with zero attached hydrogens (tertiary/aromatic N) is 5. The Morgan fingerprint density at radius 3 is 2.64 bits per heavy atom. The monoisotopic (exact) mass is 420 g/mol. The maximum Gasteiger partial charge on any atom is 0.344 e. The number of fused-ring (bicyclic) bond motifs is 1. The van der Waals surface area contributed by atoms with Crippen molar-refractivity contribution >= 4 is 43.4 Å². The van der Waals surface area contributed by atoms with Gasteiger partial charge in [-0.15, -0.1) is 16.4 Å². The first-order valence-corrected chi connectivity index (χ1v) is 11.5. The van der Waals surface area contributed by atoms with E-state index in [1.54, 1.807) is 16.2 Å². The number of hydrogen-bond donors (Lipinski definition) is 1. The van der Waals surface area contributed by atoms with Crippen LogP contribution in [0.15, 0.2) is 36.5 Å². The number of carbonyl (C=O) groups excluding carboxylic acids is 1. The molecule has 3 heterocycles. The lowest BCUT2D eigenvalue weighted by Crippen LogP contribution is -2.49. The molecule has 1 amide bonds. The van der Waals surface area contributed by atoms with Crippen molar-refractivity contribution in [3.8, 4) is 0 Å². The molecule has 0 unspecified atom stereocenters. The molecule has 1 aliphatic rings. The van der Waals surface area contributed by atoms with Gasteiger partial charge in [-0.05, 0) is 12.1 Å². The van der Waals surface area contributed by atoms with E-state index in [2.05, 4.69) is 25.8 Å². The molecule has 0 atom stereocenters. The van der Waals surface area contributed by atoms with E-state index in [1.165, 1.54) is 17.0 Å². The summed E-state index contributed by atoms with van der Waals surface area (Å²) >= 11 is 1.70. The van der Waals surface area contributed by atoms with Crippen LogP contribution in [-0.4, -0.2) is 71.4 Å². The third kappa shape index (κ3) is 4.32. The molecule has 0 aliphatic carbocycles. The molecule has 9 nitrogen and oxygen atoms in total. The van der Waals surface area contributed by atoms with Gasteiger partial charge in [0.05, 0.1) is 23.0 Å². The molecule has 0 saturated carbocycles. The van der Waals surface area contributed by atoms with Crippen molar-refractivity contribution in [3.05, 3.63) is 41.5 Å². The number of thiazole rings is 1. The van der Waals surface area contributed by atoms with Crippen LogP contribution in [0.3, 0.4) is 0 Å². The Hall–Kier alpha value is -2.50. The van der Waals surface area contributed by atoms with Crippen LogP contribution in [0, 0.1) is 0 Å². The van der Waals surface area contributed by atoms with Gasteiger partial charge >= 0.3 is 6.03 Å². The highest BCUT2D eigenvalue weighted by atomic mass is 32.2. The van der Waals surface area contributed by atoms with E-state index in [1.807, 2.05) is 18.2 Å². The van der Waals surface area contributed by atoms with Crippen molar-refractivity contribution in [2.75, 3.05) is 37.2 Å². The van der Waals surface area contributed by atoms with Gasteiger partial charge in [-0.3, -0.25) is 9.62 Å². The van der Waals surface area contributed by atoms with Gasteiger partial charge in [-0.2, -0.15) is 4.68 Å². The third-order valence-corrected chi connectivity index (χ3v) is 6.02. The molecule has 1 N–H and O–H groups in total. The molecule has 1 aromatic carbocycles. The highest BCUT2D eigenvalue weighted by Crippen LogP contribution is 2.23. The van der Waals surface area contributed by atoms with E-state index < -0.39 is 10.0 Å². The van der Waals surface area contributed by atoms with Gasteiger partial charge in [-0.25, -0.2) is 18.2 Å². The maximum atomic E-state index is 12.6. The average molecular weight is 421 g/mol. The molecule has 0 bridgehead atoms. The van der Waals surface area contributed by atoms with Crippen LogP contribution in [0.2, 0.25) is 0 Å². The fraction of sp³-hybridized carbons (Fsp3) is 0.353. The number of aromatic nitrogens is 3. The smallest absolute Gasteiger partial charge is 0.320 e. The molecule has 1 fully saturated rings. The number of amides is 1. The largest absolute Gasteiger partial charge is 0.344 e. The van der Waals surface area contributed by atoms with Crippen LogP contribution in [0.25, 0.3) is 10.2 Å². The summed E-state index contributed by atoms with van der Waals surface area (Å²) in [6.07, 6.45) is 2.50. The number of carbonyl (C=O) groups is 1. The summed E-state index contributed by atoms with van der Waals surface area (Å²) in [7, 11) is -3.42. The predicted octanol–water partition coefficient (Wildman–Crippen LogP) is 1.65. The highest BCUT2D eigenvalue weighted by Gasteiger charge is 2.23. The van der Waals surface area contributed by atoms with Crippen LogP contribution >= 0.6 is 11.3 Å². The van der Waals surface area contributed by atoms with Gasteiger partial charge in [0.25, 0.3) is 0 Å². The first kappa shape index (κ1) is 18.8. The fourth-order valence-corrected chi connectivity index (χ4v) is 4.59. The van der Waals surface area contributed by atoms with Crippen molar-refractivity contribution in [3.63, 3.8) is 0 Å². The molecule has 2 aromatic heterocycles. The first-order valence-electron chi connectivity index (χ1n) is 8.77. The molecule has 1 aliphatic heterocycles. The Kier molecular flexibility index (Phi) is 5.04. The fourth-order valence-electron chi connectivity index (χ4n) is 3.10. The van der Waals surface area contributed by atoms with Gasteiger partial charge in [0.1, 0.15) is 5.01 Å². The van der Waals surface area contributed by atoms with E-state index in [4.69, 9.17) is 0 Å². The van der Waals surface area contributed by atoms with Crippen LogP contribution in [0.5, 0.6) is 0 Å². The Labute approximate surface area is 166 Å².